The minimum Gasteiger partial charge on any atom is -0.393 e. The molecule has 3 atom stereocenters. The van der Waals surface area contributed by atoms with Crippen molar-refractivity contribution in [3.8, 4) is 0 Å². The fourth-order valence-corrected chi connectivity index (χ4v) is 1.90. The van der Waals surface area contributed by atoms with Gasteiger partial charge in [-0.05, 0) is 31.6 Å². The predicted molar refractivity (Wildman–Crippen MR) is 59.2 cm³/mol. The zero-order chi connectivity index (χ0) is 11.4. The van der Waals surface area contributed by atoms with Crippen LogP contribution in [0.15, 0.2) is 0 Å². The van der Waals surface area contributed by atoms with Gasteiger partial charge in [0.15, 0.2) is 0 Å². The lowest BCUT2D eigenvalue weighted by Crippen LogP contribution is -2.49. The van der Waals surface area contributed by atoms with Gasteiger partial charge in [0.05, 0.1) is 12.1 Å². The van der Waals surface area contributed by atoms with Crippen molar-refractivity contribution in [1.29, 1.82) is 0 Å². The Labute approximate surface area is 91.2 Å². The van der Waals surface area contributed by atoms with Gasteiger partial charge in [0.1, 0.15) is 0 Å². The molecule has 0 spiro atoms. The number of aliphatic hydroxyl groups excluding tert-OH is 1. The fourth-order valence-electron chi connectivity index (χ4n) is 1.90. The lowest BCUT2D eigenvalue weighted by molar-refractivity contribution is -0.124. The van der Waals surface area contributed by atoms with E-state index in [4.69, 9.17) is 5.73 Å². The van der Waals surface area contributed by atoms with Crippen molar-refractivity contribution in [2.24, 2.45) is 11.7 Å². The monoisotopic (exact) mass is 214 g/mol. The number of amides is 1. The highest BCUT2D eigenvalue weighted by molar-refractivity contribution is 5.82. The van der Waals surface area contributed by atoms with E-state index >= 15 is 0 Å². The molecule has 0 aromatic rings. The van der Waals surface area contributed by atoms with Crippen molar-refractivity contribution >= 4 is 5.91 Å². The van der Waals surface area contributed by atoms with E-state index in [0.29, 0.717) is 6.42 Å². The molecule has 0 radical (unpaired) electrons. The predicted octanol–water partition coefficient (Wildman–Crippen LogP) is 0.389. The van der Waals surface area contributed by atoms with Crippen LogP contribution in [0, 0.1) is 5.92 Å². The molecule has 15 heavy (non-hydrogen) atoms. The van der Waals surface area contributed by atoms with Crippen LogP contribution in [0.2, 0.25) is 0 Å². The van der Waals surface area contributed by atoms with Crippen molar-refractivity contribution in [2.45, 2.75) is 57.7 Å². The topological polar surface area (TPSA) is 75.4 Å². The quantitative estimate of drug-likeness (QED) is 0.636. The van der Waals surface area contributed by atoms with Crippen molar-refractivity contribution < 1.29 is 9.90 Å². The highest BCUT2D eigenvalue weighted by Crippen LogP contribution is 2.18. The Kier molecular flexibility index (Phi) is 4.54. The Morgan fingerprint density at radius 3 is 2.67 bits per heavy atom. The van der Waals surface area contributed by atoms with Crippen molar-refractivity contribution in [2.75, 3.05) is 0 Å². The summed E-state index contributed by atoms with van der Waals surface area (Å²) in [5.74, 6) is 0.0580. The Morgan fingerprint density at radius 2 is 2.13 bits per heavy atom. The number of nitrogens with one attached hydrogen (secondary N) is 1. The molecule has 0 saturated heterocycles. The summed E-state index contributed by atoms with van der Waals surface area (Å²) in [6, 6.07) is -0.338. The van der Waals surface area contributed by atoms with E-state index < -0.39 is 6.04 Å². The lowest BCUT2D eigenvalue weighted by Gasteiger charge is -2.28. The Morgan fingerprint density at radius 1 is 1.47 bits per heavy atom. The molecule has 4 nitrogen and oxygen atoms in total. The van der Waals surface area contributed by atoms with E-state index in [-0.39, 0.29) is 24.0 Å². The third kappa shape index (κ3) is 3.80. The van der Waals surface area contributed by atoms with E-state index in [1.807, 2.05) is 13.8 Å². The molecule has 0 aromatic heterocycles. The number of nitrogens with two attached hydrogens (primary N) is 1. The second-order valence-electron chi connectivity index (χ2n) is 4.80. The Hall–Kier alpha value is -0.610. The maximum absolute atomic E-state index is 11.6. The van der Waals surface area contributed by atoms with Gasteiger partial charge in [0.2, 0.25) is 5.91 Å². The van der Waals surface area contributed by atoms with Gasteiger partial charge in [-0.25, -0.2) is 0 Å². The first-order valence-electron chi connectivity index (χ1n) is 5.74. The molecular weight excluding hydrogens is 192 g/mol. The molecule has 1 saturated carbocycles. The van der Waals surface area contributed by atoms with Gasteiger partial charge in [-0.3, -0.25) is 4.79 Å². The molecule has 4 heteroatoms. The van der Waals surface area contributed by atoms with Crippen LogP contribution >= 0.6 is 0 Å². The number of carbonyl (C=O) groups excluding carboxylic acids is 1. The molecule has 1 amide bonds. The van der Waals surface area contributed by atoms with Crippen molar-refractivity contribution in [3.63, 3.8) is 0 Å². The molecule has 1 fully saturated rings. The van der Waals surface area contributed by atoms with Crippen LogP contribution in [0.5, 0.6) is 0 Å². The zero-order valence-corrected chi connectivity index (χ0v) is 9.57. The summed E-state index contributed by atoms with van der Waals surface area (Å²) in [5.41, 5.74) is 5.74. The van der Waals surface area contributed by atoms with E-state index in [0.717, 1.165) is 19.3 Å². The molecular formula is C11H22N2O2. The smallest absolute Gasteiger partial charge is 0.237 e. The van der Waals surface area contributed by atoms with E-state index in [2.05, 4.69) is 5.32 Å². The van der Waals surface area contributed by atoms with Gasteiger partial charge in [0, 0.05) is 6.04 Å². The van der Waals surface area contributed by atoms with Gasteiger partial charge >= 0.3 is 0 Å². The maximum Gasteiger partial charge on any atom is 0.237 e. The maximum atomic E-state index is 11.6. The summed E-state index contributed by atoms with van der Waals surface area (Å²) in [6.07, 6.45) is 3.18. The van der Waals surface area contributed by atoms with Crippen LogP contribution in [-0.4, -0.2) is 29.2 Å². The average molecular weight is 214 g/mol. The molecule has 1 rings (SSSR count). The van der Waals surface area contributed by atoms with Gasteiger partial charge in [-0.15, -0.1) is 0 Å². The van der Waals surface area contributed by atoms with E-state index in [1.54, 1.807) is 0 Å². The lowest BCUT2D eigenvalue weighted by atomic mass is 9.92. The Bertz CT molecular complexity index is 219. The Balaban J connectivity index is 2.37. The third-order valence-electron chi connectivity index (χ3n) is 3.01. The number of aliphatic hydroxyl groups is 1. The second-order valence-corrected chi connectivity index (χ2v) is 4.80. The summed E-state index contributed by atoms with van der Waals surface area (Å²) < 4.78 is 0. The number of hydrogen-bond acceptors (Lipinski definition) is 3. The largest absolute Gasteiger partial charge is 0.393 e. The minimum absolute atomic E-state index is 0.0934. The van der Waals surface area contributed by atoms with Gasteiger partial charge in [-0.2, -0.15) is 0 Å². The minimum atomic E-state index is -0.441. The summed E-state index contributed by atoms with van der Waals surface area (Å²) >= 11 is 0. The first kappa shape index (κ1) is 12.5. The van der Waals surface area contributed by atoms with Crippen LogP contribution in [0.3, 0.4) is 0 Å². The highest BCUT2D eigenvalue weighted by Gasteiger charge is 2.24. The van der Waals surface area contributed by atoms with Crippen LogP contribution in [0.4, 0.5) is 0 Å². The third-order valence-corrected chi connectivity index (χ3v) is 3.01. The second kappa shape index (κ2) is 5.47. The van der Waals surface area contributed by atoms with Crippen LogP contribution in [-0.2, 0) is 4.79 Å². The number of hydrogen-bond donors (Lipinski definition) is 3. The average Bonchev–Trinajstić information content (AvgIpc) is 2.16. The standard InChI is InChI=1S/C11H22N2O2/c1-7(2)10(12)11(15)13-8-4-3-5-9(14)6-8/h7-10,14H,3-6,12H2,1-2H3,(H,13,15)/t8-,9+,10+/m1/s1. The molecule has 0 heterocycles. The summed E-state index contributed by atoms with van der Waals surface area (Å²) in [7, 11) is 0. The first-order chi connectivity index (χ1) is 7.00. The summed E-state index contributed by atoms with van der Waals surface area (Å²) in [6.45, 7) is 3.86. The molecule has 0 aliphatic heterocycles. The molecule has 0 bridgehead atoms. The molecule has 88 valence electrons. The number of carbonyl (C=O) groups is 1. The van der Waals surface area contributed by atoms with Gasteiger partial charge in [0.25, 0.3) is 0 Å². The van der Waals surface area contributed by atoms with E-state index in [1.165, 1.54) is 0 Å². The SMILES string of the molecule is CC(C)[C@H](N)C(=O)N[C@@H]1CCC[C@H](O)C1. The van der Waals surface area contributed by atoms with Crippen LogP contribution < -0.4 is 11.1 Å². The first-order valence-corrected chi connectivity index (χ1v) is 5.74. The molecule has 4 N–H and O–H groups in total. The van der Waals surface area contributed by atoms with Gasteiger partial charge in [-0.1, -0.05) is 13.8 Å². The molecule has 1 aliphatic carbocycles. The highest BCUT2D eigenvalue weighted by atomic mass is 16.3. The zero-order valence-electron chi connectivity index (χ0n) is 9.57. The van der Waals surface area contributed by atoms with E-state index in [9.17, 15) is 9.90 Å². The molecule has 1 aliphatic rings. The van der Waals surface area contributed by atoms with Crippen molar-refractivity contribution in [1.82, 2.24) is 5.32 Å². The normalized spacial score (nSPS) is 28.9. The number of rotatable bonds is 3. The van der Waals surface area contributed by atoms with Crippen molar-refractivity contribution in [3.05, 3.63) is 0 Å². The van der Waals surface area contributed by atoms with Crippen LogP contribution in [0.25, 0.3) is 0 Å². The fraction of sp³-hybridized carbons (Fsp3) is 0.909. The molecule has 0 unspecified atom stereocenters. The van der Waals surface area contributed by atoms with Gasteiger partial charge < -0.3 is 16.2 Å². The molecule has 0 aromatic carbocycles. The summed E-state index contributed by atoms with van der Waals surface area (Å²) in [5, 5.41) is 12.4. The van der Waals surface area contributed by atoms with Crippen LogP contribution in [0.1, 0.15) is 39.5 Å². The summed E-state index contributed by atoms with van der Waals surface area (Å²) in [4.78, 5) is 11.6.